The molecule has 1 aromatic rings. The fraction of sp³-hybridized carbons (Fsp3) is 0.524. The Morgan fingerprint density at radius 2 is 1.93 bits per heavy atom. The van der Waals surface area contributed by atoms with Crippen molar-refractivity contribution in [1.29, 1.82) is 0 Å². The summed E-state index contributed by atoms with van der Waals surface area (Å²) in [5, 5.41) is 2.84. The van der Waals surface area contributed by atoms with E-state index in [1.165, 1.54) is 11.9 Å². The molecule has 2 fully saturated rings. The van der Waals surface area contributed by atoms with Crippen LogP contribution < -0.4 is 5.32 Å². The topological polar surface area (TPSA) is 99.3 Å². The second-order valence-electron chi connectivity index (χ2n) is 7.98. The summed E-state index contributed by atoms with van der Waals surface area (Å²) in [6.07, 6.45) is 2.13. The predicted octanol–water partition coefficient (Wildman–Crippen LogP) is 0.0872. The van der Waals surface area contributed by atoms with Crippen molar-refractivity contribution in [3.05, 3.63) is 35.4 Å². The van der Waals surface area contributed by atoms with Crippen molar-refractivity contribution in [3.8, 4) is 0 Å². The number of hydrogen-bond acceptors (Lipinski definition) is 5. The van der Waals surface area contributed by atoms with Crippen LogP contribution in [0.3, 0.4) is 0 Å². The number of amides is 5. The van der Waals surface area contributed by atoms with Crippen LogP contribution in [-0.4, -0.2) is 84.9 Å². The van der Waals surface area contributed by atoms with E-state index in [1.807, 2.05) is 24.3 Å². The van der Waals surface area contributed by atoms with Gasteiger partial charge in [0.15, 0.2) is 0 Å². The normalized spacial score (nSPS) is 23.4. The maximum atomic E-state index is 13.3. The first-order chi connectivity index (χ1) is 14.4. The van der Waals surface area contributed by atoms with Crippen LogP contribution in [0, 0.1) is 0 Å². The molecule has 2 heterocycles. The molecule has 1 spiro atoms. The van der Waals surface area contributed by atoms with Crippen molar-refractivity contribution >= 4 is 23.8 Å². The molecule has 1 aromatic carbocycles. The monoisotopic (exact) mass is 414 g/mol. The molecular weight excluding hydrogens is 388 g/mol. The van der Waals surface area contributed by atoms with E-state index < -0.39 is 23.4 Å². The van der Waals surface area contributed by atoms with Gasteiger partial charge in [0, 0.05) is 20.1 Å². The summed E-state index contributed by atoms with van der Waals surface area (Å²) >= 11 is 0. The molecule has 2 saturated heterocycles. The minimum Gasteiger partial charge on any atom is -0.378 e. The molecule has 1 aliphatic carbocycles. The Morgan fingerprint density at radius 3 is 2.70 bits per heavy atom. The molecule has 5 amide bonds. The number of aryl methyl sites for hydroxylation is 1. The SMILES string of the molecule is CN(CC(=O)N1CCOCC1)C(=O)CN1C(=O)NC2(CCCc3ccccc32)C1=O. The number of carbonyl (C=O) groups is 4. The van der Waals surface area contributed by atoms with Gasteiger partial charge in [-0.25, -0.2) is 4.79 Å². The highest BCUT2D eigenvalue weighted by atomic mass is 16.5. The van der Waals surface area contributed by atoms with Crippen molar-refractivity contribution in [2.24, 2.45) is 0 Å². The van der Waals surface area contributed by atoms with Crippen LogP contribution in [0.1, 0.15) is 24.0 Å². The van der Waals surface area contributed by atoms with Gasteiger partial charge in [0.1, 0.15) is 12.1 Å². The average molecular weight is 414 g/mol. The fourth-order valence-electron chi connectivity index (χ4n) is 4.41. The van der Waals surface area contributed by atoms with E-state index in [4.69, 9.17) is 4.74 Å². The Kier molecular flexibility index (Phi) is 5.46. The number of urea groups is 1. The Labute approximate surface area is 174 Å². The molecule has 30 heavy (non-hydrogen) atoms. The van der Waals surface area contributed by atoms with E-state index in [9.17, 15) is 19.2 Å². The lowest BCUT2D eigenvalue weighted by atomic mass is 9.76. The van der Waals surface area contributed by atoms with Crippen molar-refractivity contribution in [2.75, 3.05) is 46.4 Å². The molecule has 160 valence electrons. The van der Waals surface area contributed by atoms with Gasteiger partial charge in [-0.05, 0) is 30.4 Å². The first kappa shape index (κ1) is 20.3. The summed E-state index contributed by atoms with van der Waals surface area (Å²) in [7, 11) is 1.50. The van der Waals surface area contributed by atoms with Gasteiger partial charge in [0.25, 0.3) is 5.91 Å². The van der Waals surface area contributed by atoms with E-state index in [2.05, 4.69) is 5.32 Å². The molecule has 9 nitrogen and oxygen atoms in total. The standard InChI is InChI=1S/C21H26N4O5/c1-23(13-18(27)24-9-11-30-12-10-24)17(26)14-25-19(28)21(22-20(25)29)8-4-6-15-5-2-3-7-16(15)21/h2-3,5,7H,4,6,8-14H2,1H3,(H,22,29). The van der Waals surface area contributed by atoms with Crippen LogP contribution in [0.5, 0.6) is 0 Å². The lowest BCUT2D eigenvalue weighted by Gasteiger charge is -2.33. The maximum absolute atomic E-state index is 13.3. The van der Waals surface area contributed by atoms with E-state index >= 15 is 0 Å². The van der Waals surface area contributed by atoms with Gasteiger partial charge in [-0.2, -0.15) is 0 Å². The number of morpholine rings is 1. The smallest absolute Gasteiger partial charge is 0.325 e. The number of fused-ring (bicyclic) bond motifs is 2. The van der Waals surface area contributed by atoms with Crippen LogP contribution in [-0.2, 0) is 31.1 Å². The van der Waals surface area contributed by atoms with Gasteiger partial charge in [-0.3, -0.25) is 19.3 Å². The number of likely N-dealkylation sites (N-methyl/N-ethyl adjacent to an activating group) is 1. The first-order valence-corrected chi connectivity index (χ1v) is 10.2. The van der Waals surface area contributed by atoms with Gasteiger partial charge in [0.05, 0.1) is 19.8 Å². The Balaban J connectivity index is 1.44. The van der Waals surface area contributed by atoms with Gasteiger partial charge < -0.3 is 19.9 Å². The Hall–Kier alpha value is -2.94. The van der Waals surface area contributed by atoms with Crippen LogP contribution in [0.25, 0.3) is 0 Å². The molecule has 1 atom stereocenters. The molecule has 0 radical (unpaired) electrons. The third kappa shape index (κ3) is 3.54. The summed E-state index contributed by atoms with van der Waals surface area (Å²) in [5.41, 5.74) is 0.744. The zero-order chi connectivity index (χ0) is 21.3. The highest BCUT2D eigenvalue weighted by Crippen LogP contribution is 2.39. The van der Waals surface area contributed by atoms with Crippen molar-refractivity contribution in [1.82, 2.24) is 20.0 Å². The van der Waals surface area contributed by atoms with Gasteiger partial charge in [0.2, 0.25) is 11.8 Å². The van der Waals surface area contributed by atoms with E-state index in [-0.39, 0.29) is 19.0 Å². The number of imide groups is 1. The summed E-state index contributed by atoms with van der Waals surface area (Å²) < 4.78 is 5.23. The average Bonchev–Trinajstić information content (AvgIpc) is 2.99. The molecule has 0 aromatic heterocycles. The lowest BCUT2D eigenvalue weighted by Crippen LogP contribution is -2.49. The second-order valence-corrected chi connectivity index (χ2v) is 7.98. The largest absolute Gasteiger partial charge is 0.378 e. The zero-order valence-electron chi connectivity index (χ0n) is 17.1. The molecule has 1 unspecified atom stereocenters. The number of rotatable bonds is 4. The third-order valence-electron chi connectivity index (χ3n) is 6.11. The molecule has 0 bridgehead atoms. The predicted molar refractivity (Wildman–Crippen MR) is 106 cm³/mol. The van der Waals surface area contributed by atoms with Crippen LogP contribution >= 0.6 is 0 Å². The number of nitrogens with one attached hydrogen (secondary N) is 1. The zero-order valence-corrected chi connectivity index (χ0v) is 17.1. The maximum Gasteiger partial charge on any atom is 0.325 e. The van der Waals surface area contributed by atoms with Gasteiger partial charge in [-0.1, -0.05) is 24.3 Å². The number of ether oxygens (including phenoxy) is 1. The lowest BCUT2D eigenvalue weighted by molar-refractivity contribution is -0.143. The van der Waals surface area contributed by atoms with E-state index in [0.717, 1.165) is 28.9 Å². The summed E-state index contributed by atoms with van der Waals surface area (Å²) in [4.78, 5) is 54.8. The molecule has 3 aliphatic rings. The molecule has 4 rings (SSSR count). The van der Waals surface area contributed by atoms with Crippen LogP contribution in [0.15, 0.2) is 24.3 Å². The minimum atomic E-state index is -1.10. The Morgan fingerprint density at radius 1 is 1.20 bits per heavy atom. The fourth-order valence-corrected chi connectivity index (χ4v) is 4.41. The molecule has 2 aliphatic heterocycles. The molecule has 1 N–H and O–H groups in total. The number of carbonyl (C=O) groups excluding carboxylic acids is 4. The van der Waals surface area contributed by atoms with E-state index in [1.54, 1.807) is 4.90 Å². The second kappa shape index (κ2) is 8.06. The number of benzene rings is 1. The van der Waals surface area contributed by atoms with Crippen molar-refractivity contribution < 1.29 is 23.9 Å². The van der Waals surface area contributed by atoms with Crippen molar-refractivity contribution in [3.63, 3.8) is 0 Å². The van der Waals surface area contributed by atoms with Gasteiger partial charge in [-0.15, -0.1) is 0 Å². The molecule has 9 heteroatoms. The third-order valence-corrected chi connectivity index (χ3v) is 6.11. The summed E-state index contributed by atoms with van der Waals surface area (Å²) in [5.74, 6) is -1.04. The quantitative estimate of drug-likeness (QED) is 0.704. The number of hydrogen-bond donors (Lipinski definition) is 1. The minimum absolute atomic E-state index is 0.101. The molecular formula is C21H26N4O5. The first-order valence-electron chi connectivity index (χ1n) is 10.2. The highest BCUT2D eigenvalue weighted by molar-refractivity contribution is 6.09. The van der Waals surface area contributed by atoms with Crippen LogP contribution in [0.2, 0.25) is 0 Å². The molecule has 0 saturated carbocycles. The summed E-state index contributed by atoms with van der Waals surface area (Å²) in [6.45, 7) is 1.47. The van der Waals surface area contributed by atoms with Crippen LogP contribution in [0.4, 0.5) is 4.79 Å². The number of nitrogens with zero attached hydrogens (tertiary/aromatic N) is 3. The summed E-state index contributed by atoms with van der Waals surface area (Å²) in [6, 6.07) is 7.03. The highest BCUT2D eigenvalue weighted by Gasteiger charge is 2.54. The van der Waals surface area contributed by atoms with E-state index in [0.29, 0.717) is 32.7 Å². The Bertz CT molecular complexity index is 882. The van der Waals surface area contributed by atoms with Crippen molar-refractivity contribution in [2.45, 2.75) is 24.8 Å². The van der Waals surface area contributed by atoms with Gasteiger partial charge >= 0.3 is 6.03 Å².